The summed E-state index contributed by atoms with van der Waals surface area (Å²) in [6.45, 7) is 1.01. The van der Waals surface area contributed by atoms with Gasteiger partial charge in [0.25, 0.3) is 0 Å². The molecule has 2 amide bonds. The molecular formula is C11H15N3O. The molecule has 0 fully saturated rings. The standard InChI is InChI=1S/C11H15N3O/c1-12-11(15)14-10-6-2-5-9-8(10)4-3-7-13-9/h2,5-6,13H,3-4,7H2,1H3,(H2,12,14,15). The monoisotopic (exact) mass is 205 g/mol. The van der Waals surface area contributed by atoms with Crippen LogP contribution in [0.3, 0.4) is 0 Å². The molecule has 4 heteroatoms. The first-order chi connectivity index (χ1) is 7.31. The van der Waals surface area contributed by atoms with E-state index in [2.05, 4.69) is 16.0 Å². The minimum atomic E-state index is -0.172. The lowest BCUT2D eigenvalue weighted by Gasteiger charge is -2.21. The van der Waals surface area contributed by atoms with Gasteiger partial charge < -0.3 is 16.0 Å². The number of urea groups is 1. The van der Waals surface area contributed by atoms with E-state index >= 15 is 0 Å². The van der Waals surface area contributed by atoms with E-state index in [1.165, 1.54) is 5.56 Å². The molecule has 0 aromatic heterocycles. The van der Waals surface area contributed by atoms with Gasteiger partial charge in [-0.3, -0.25) is 0 Å². The average Bonchev–Trinajstić information content (AvgIpc) is 2.29. The Morgan fingerprint density at radius 1 is 1.47 bits per heavy atom. The third kappa shape index (κ3) is 2.03. The predicted octanol–water partition coefficient (Wildman–Crippen LogP) is 1.80. The molecule has 1 aliphatic rings. The van der Waals surface area contributed by atoms with Gasteiger partial charge in [-0.05, 0) is 30.5 Å². The highest BCUT2D eigenvalue weighted by molar-refractivity contribution is 5.91. The number of hydrogen-bond acceptors (Lipinski definition) is 2. The number of carbonyl (C=O) groups excluding carboxylic acids is 1. The van der Waals surface area contributed by atoms with E-state index in [-0.39, 0.29) is 6.03 Å². The van der Waals surface area contributed by atoms with Gasteiger partial charge in [0.05, 0.1) is 0 Å². The van der Waals surface area contributed by atoms with Crippen molar-refractivity contribution in [2.45, 2.75) is 12.8 Å². The van der Waals surface area contributed by atoms with Crippen LogP contribution in [-0.2, 0) is 6.42 Å². The number of rotatable bonds is 1. The van der Waals surface area contributed by atoms with Crippen molar-refractivity contribution in [3.05, 3.63) is 23.8 Å². The normalized spacial score (nSPS) is 13.7. The summed E-state index contributed by atoms with van der Waals surface area (Å²) >= 11 is 0. The highest BCUT2D eigenvalue weighted by Crippen LogP contribution is 2.28. The molecule has 0 spiro atoms. The maximum atomic E-state index is 11.2. The summed E-state index contributed by atoms with van der Waals surface area (Å²) < 4.78 is 0. The van der Waals surface area contributed by atoms with Gasteiger partial charge in [-0.25, -0.2) is 4.79 Å². The zero-order chi connectivity index (χ0) is 10.7. The molecule has 15 heavy (non-hydrogen) atoms. The molecule has 0 atom stereocenters. The minimum absolute atomic E-state index is 0.172. The summed E-state index contributed by atoms with van der Waals surface area (Å²) in [6, 6.07) is 5.75. The van der Waals surface area contributed by atoms with E-state index in [4.69, 9.17) is 0 Å². The molecule has 0 saturated heterocycles. The number of nitrogens with one attached hydrogen (secondary N) is 3. The van der Waals surface area contributed by atoms with Crippen LogP contribution in [0.5, 0.6) is 0 Å². The van der Waals surface area contributed by atoms with Crippen molar-refractivity contribution in [2.24, 2.45) is 0 Å². The van der Waals surface area contributed by atoms with E-state index < -0.39 is 0 Å². The lowest BCUT2D eigenvalue weighted by Crippen LogP contribution is -2.25. The van der Waals surface area contributed by atoms with Crippen molar-refractivity contribution in [3.8, 4) is 0 Å². The zero-order valence-corrected chi connectivity index (χ0v) is 8.76. The zero-order valence-electron chi connectivity index (χ0n) is 8.76. The SMILES string of the molecule is CNC(=O)Nc1cccc2c1CCCN2. The van der Waals surface area contributed by atoms with Crippen LogP contribution < -0.4 is 16.0 Å². The Morgan fingerprint density at radius 3 is 3.13 bits per heavy atom. The van der Waals surface area contributed by atoms with Crippen LogP contribution in [0, 0.1) is 0 Å². The van der Waals surface area contributed by atoms with Gasteiger partial charge in [0.15, 0.2) is 0 Å². The fourth-order valence-corrected chi connectivity index (χ4v) is 1.81. The van der Waals surface area contributed by atoms with Crippen LogP contribution in [0.4, 0.5) is 16.2 Å². The van der Waals surface area contributed by atoms with Gasteiger partial charge in [-0.2, -0.15) is 0 Å². The van der Waals surface area contributed by atoms with E-state index in [1.807, 2.05) is 18.2 Å². The number of benzene rings is 1. The highest BCUT2D eigenvalue weighted by atomic mass is 16.2. The fourth-order valence-electron chi connectivity index (χ4n) is 1.81. The Labute approximate surface area is 89.1 Å². The van der Waals surface area contributed by atoms with Crippen LogP contribution in [0.1, 0.15) is 12.0 Å². The number of carbonyl (C=O) groups is 1. The molecule has 0 bridgehead atoms. The quantitative estimate of drug-likeness (QED) is 0.654. The third-order valence-corrected chi connectivity index (χ3v) is 2.57. The largest absolute Gasteiger partial charge is 0.385 e. The molecule has 1 aliphatic heterocycles. The van der Waals surface area contributed by atoms with Crippen molar-refractivity contribution < 1.29 is 4.79 Å². The molecule has 4 nitrogen and oxygen atoms in total. The molecular weight excluding hydrogens is 190 g/mol. The molecule has 0 radical (unpaired) electrons. The maximum absolute atomic E-state index is 11.2. The second-order valence-corrected chi connectivity index (χ2v) is 3.57. The molecule has 0 aliphatic carbocycles. The third-order valence-electron chi connectivity index (χ3n) is 2.57. The topological polar surface area (TPSA) is 53.2 Å². The Hall–Kier alpha value is -1.71. The highest BCUT2D eigenvalue weighted by Gasteiger charge is 2.13. The molecule has 1 heterocycles. The summed E-state index contributed by atoms with van der Waals surface area (Å²) in [7, 11) is 1.61. The first kappa shape index (κ1) is 9.83. The first-order valence-electron chi connectivity index (χ1n) is 5.16. The second kappa shape index (κ2) is 4.21. The smallest absolute Gasteiger partial charge is 0.318 e. The maximum Gasteiger partial charge on any atom is 0.318 e. The van der Waals surface area contributed by atoms with E-state index in [0.29, 0.717) is 0 Å². The van der Waals surface area contributed by atoms with Gasteiger partial charge in [0.1, 0.15) is 0 Å². The number of anilines is 2. The van der Waals surface area contributed by atoms with E-state index in [9.17, 15) is 4.79 Å². The Bertz CT molecular complexity index is 376. The van der Waals surface area contributed by atoms with Crippen molar-refractivity contribution in [1.29, 1.82) is 0 Å². The van der Waals surface area contributed by atoms with Crippen LogP contribution in [0.15, 0.2) is 18.2 Å². The first-order valence-corrected chi connectivity index (χ1v) is 5.16. The number of amides is 2. The fraction of sp³-hybridized carbons (Fsp3) is 0.364. The Morgan fingerprint density at radius 2 is 2.33 bits per heavy atom. The Balaban J connectivity index is 2.27. The van der Waals surface area contributed by atoms with Crippen LogP contribution >= 0.6 is 0 Å². The van der Waals surface area contributed by atoms with Crippen molar-refractivity contribution in [3.63, 3.8) is 0 Å². The van der Waals surface area contributed by atoms with Crippen molar-refractivity contribution in [2.75, 3.05) is 24.2 Å². The Kier molecular flexibility index (Phi) is 2.76. The molecule has 1 aromatic carbocycles. The van der Waals surface area contributed by atoms with Gasteiger partial charge in [-0.1, -0.05) is 6.07 Å². The predicted molar refractivity (Wildman–Crippen MR) is 61.3 cm³/mol. The summed E-state index contributed by atoms with van der Waals surface area (Å²) in [5.41, 5.74) is 3.24. The van der Waals surface area contributed by atoms with Gasteiger partial charge in [0.2, 0.25) is 0 Å². The van der Waals surface area contributed by atoms with Gasteiger partial charge in [-0.15, -0.1) is 0 Å². The van der Waals surface area contributed by atoms with Crippen LogP contribution in [-0.4, -0.2) is 19.6 Å². The molecule has 0 saturated carbocycles. The van der Waals surface area contributed by atoms with Crippen molar-refractivity contribution >= 4 is 17.4 Å². The van der Waals surface area contributed by atoms with Crippen LogP contribution in [0.2, 0.25) is 0 Å². The van der Waals surface area contributed by atoms with Crippen LogP contribution in [0.25, 0.3) is 0 Å². The average molecular weight is 205 g/mol. The lowest BCUT2D eigenvalue weighted by molar-refractivity contribution is 0.254. The van der Waals surface area contributed by atoms with Gasteiger partial charge in [0, 0.05) is 25.0 Å². The molecule has 1 aromatic rings. The summed E-state index contributed by atoms with van der Waals surface area (Å²) in [6.07, 6.45) is 2.13. The lowest BCUT2D eigenvalue weighted by atomic mass is 10.0. The molecule has 80 valence electrons. The number of fused-ring (bicyclic) bond motifs is 1. The molecule has 0 unspecified atom stereocenters. The summed E-state index contributed by atoms with van der Waals surface area (Å²) in [4.78, 5) is 11.2. The number of hydrogen-bond donors (Lipinski definition) is 3. The summed E-state index contributed by atoms with van der Waals surface area (Å²) in [5.74, 6) is 0. The van der Waals surface area contributed by atoms with E-state index in [1.54, 1.807) is 7.05 Å². The summed E-state index contributed by atoms with van der Waals surface area (Å²) in [5, 5.41) is 8.70. The second-order valence-electron chi connectivity index (χ2n) is 3.57. The van der Waals surface area contributed by atoms with Crippen molar-refractivity contribution in [1.82, 2.24) is 5.32 Å². The molecule has 3 N–H and O–H groups in total. The van der Waals surface area contributed by atoms with Gasteiger partial charge >= 0.3 is 6.03 Å². The minimum Gasteiger partial charge on any atom is -0.385 e. The molecule has 2 rings (SSSR count). The van der Waals surface area contributed by atoms with E-state index in [0.717, 1.165) is 30.8 Å².